The van der Waals surface area contributed by atoms with Crippen molar-refractivity contribution in [3.63, 3.8) is 0 Å². The van der Waals surface area contributed by atoms with Gasteiger partial charge in [0.2, 0.25) is 0 Å². The Morgan fingerprint density at radius 1 is 1.29 bits per heavy atom. The van der Waals surface area contributed by atoms with Crippen LogP contribution in [0.5, 0.6) is 0 Å². The number of piperidine rings is 1. The second kappa shape index (κ2) is 9.15. The molecule has 0 radical (unpaired) electrons. The molecule has 1 aliphatic heterocycles. The topological polar surface area (TPSA) is 44.7 Å². The average Bonchev–Trinajstić information content (AvgIpc) is 2.50. The highest BCUT2D eigenvalue weighted by Gasteiger charge is 2.18. The fourth-order valence-corrected chi connectivity index (χ4v) is 2.87. The lowest BCUT2D eigenvalue weighted by Gasteiger charge is -2.32. The van der Waals surface area contributed by atoms with Crippen LogP contribution >= 0.6 is 0 Å². The van der Waals surface area contributed by atoms with Gasteiger partial charge in [-0.1, -0.05) is 30.3 Å². The second-order valence-corrected chi connectivity index (χ2v) is 5.89. The zero-order chi connectivity index (χ0) is 14.9. The van der Waals surface area contributed by atoms with Crippen molar-refractivity contribution in [2.45, 2.75) is 38.0 Å². The molecule has 1 atom stereocenters. The summed E-state index contributed by atoms with van der Waals surface area (Å²) < 4.78 is 4.93. The van der Waals surface area contributed by atoms with Crippen LogP contribution in [-0.2, 0) is 11.3 Å². The van der Waals surface area contributed by atoms with Gasteiger partial charge in [-0.15, -0.1) is 0 Å². The molecule has 4 nitrogen and oxygen atoms in total. The van der Waals surface area contributed by atoms with Gasteiger partial charge in [0.15, 0.2) is 0 Å². The van der Waals surface area contributed by atoms with Crippen LogP contribution in [0.25, 0.3) is 0 Å². The summed E-state index contributed by atoms with van der Waals surface area (Å²) in [6.45, 7) is 4.64. The summed E-state index contributed by atoms with van der Waals surface area (Å²) in [5.41, 5.74) is 1.39. The average molecular weight is 292 g/mol. The molecule has 4 heteroatoms. The lowest BCUT2D eigenvalue weighted by Crippen LogP contribution is -2.43. The van der Waals surface area contributed by atoms with E-state index in [-0.39, 0.29) is 6.10 Å². The van der Waals surface area contributed by atoms with E-state index in [1.807, 2.05) is 0 Å². The molecular weight excluding hydrogens is 264 g/mol. The highest BCUT2D eigenvalue weighted by atomic mass is 16.5. The highest BCUT2D eigenvalue weighted by Crippen LogP contribution is 2.13. The summed E-state index contributed by atoms with van der Waals surface area (Å²) in [4.78, 5) is 2.52. The third kappa shape index (κ3) is 6.14. The van der Waals surface area contributed by atoms with Gasteiger partial charge in [-0.25, -0.2) is 0 Å². The van der Waals surface area contributed by atoms with E-state index in [1.54, 1.807) is 7.11 Å². The third-order valence-corrected chi connectivity index (χ3v) is 4.11. The van der Waals surface area contributed by atoms with E-state index >= 15 is 0 Å². The predicted octanol–water partition coefficient (Wildman–Crippen LogP) is 1.64. The zero-order valence-corrected chi connectivity index (χ0v) is 13.0. The number of hydrogen-bond acceptors (Lipinski definition) is 4. The number of rotatable bonds is 8. The van der Waals surface area contributed by atoms with Gasteiger partial charge in [0.05, 0.1) is 12.7 Å². The molecule has 0 amide bonds. The molecule has 1 fully saturated rings. The molecule has 1 aromatic rings. The summed E-state index contributed by atoms with van der Waals surface area (Å²) >= 11 is 0. The number of nitrogens with one attached hydrogen (secondary N) is 1. The monoisotopic (exact) mass is 292 g/mol. The number of methoxy groups -OCH3 is 1. The molecular formula is C17H28N2O2. The van der Waals surface area contributed by atoms with Crippen molar-refractivity contribution in [3.05, 3.63) is 35.9 Å². The number of benzene rings is 1. The van der Waals surface area contributed by atoms with Crippen molar-refractivity contribution in [2.24, 2.45) is 0 Å². The summed E-state index contributed by atoms with van der Waals surface area (Å²) in [6.07, 6.45) is 2.79. The second-order valence-electron chi connectivity index (χ2n) is 5.89. The standard InChI is InChI=1S/C17H28N2O2/c1-21-14-17(20)7-10-18-16-8-11-19(12-9-16)13-15-5-3-2-4-6-15/h2-6,16-18,20H,7-14H2,1H3. The van der Waals surface area contributed by atoms with E-state index in [4.69, 9.17) is 4.74 Å². The Hall–Kier alpha value is -0.940. The number of hydrogen-bond donors (Lipinski definition) is 2. The van der Waals surface area contributed by atoms with E-state index in [1.165, 1.54) is 18.4 Å². The number of likely N-dealkylation sites (tertiary alicyclic amines) is 1. The van der Waals surface area contributed by atoms with Gasteiger partial charge in [0, 0.05) is 19.7 Å². The Balaban J connectivity index is 1.60. The Morgan fingerprint density at radius 3 is 2.67 bits per heavy atom. The molecule has 0 spiro atoms. The van der Waals surface area contributed by atoms with Crippen molar-refractivity contribution in [1.82, 2.24) is 10.2 Å². The minimum absolute atomic E-state index is 0.347. The largest absolute Gasteiger partial charge is 0.391 e. The molecule has 0 saturated carbocycles. The van der Waals surface area contributed by atoms with Crippen molar-refractivity contribution in [2.75, 3.05) is 33.4 Å². The van der Waals surface area contributed by atoms with Gasteiger partial charge in [-0.2, -0.15) is 0 Å². The first-order valence-corrected chi connectivity index (χ1v) is 7.94. The molecule has 0 aromatic heterocycles. The molecule has 1 aliphatic rings. The third-order valence-electron chi connectivity index (χ3n) is 4.11. The summed E-state index contributed by atoms with van der Waals surface area (Å²) in [6, 6.07) is 11.3. The van der Waals surface area contributed by atoms with Crippen molar-refractivity contribution < 1.29 is 9.84 Å². The molecule has 2 N–H and O–H groups in total. The molecule has 0 aliphatic carbocycles. The van der Waals surface area contributed by atoms with Crippen molar-refractivity contribution >= 4 is 0 Å². The van der Waals surface area contributed by atoms with Gasteiger partial charge in [0.25, 0.3) is 0 Å². The Morgan fingerprint density at radius 2 is 2.00 bits per heavy atom. The Bertz CT molecular complexity index is 378. The smallest absolute Gasteiger partial charge is 0.0785 e. The van der Waals surface area contributed by atoms with E-state index < -0.39 is 0 Å². The van der Waals surface area contributed by atoms with E-state index in [0.717, 1.165) is 32.6 Å². The SMILES string of the molecule is COCC(O)CCNC1CCN(Cc2ccccc2)CC1. The van der Waals surface area contributed by atoms with Crippen LogP contribution in [0, 0.1) is 0 Å². The quantitative estimate of drug-likeness (QED) is 0.764. The maximum atomic E-state index is 9.61. The van der Waals surface area contributed by atoms with Crippen LogP contribution in [0.2, 0.25) is 0 Å². The van der Waals surface area contributed by atoms with Gasteiger partial charge in [-0.3, -0.25) is 4.90 Å². The first-order valence-electron chi connectivity index (χ1n) is 7.94. The first-order chi connectivity index (χ1) is 10.3. The van der Waals surface area contributed by atoms with E-state index in [0.29, 0.717) is 12.6 Å². The molecule has 118 valence electrons. The lowest BCUT2D eigenvalue weighted by atomic mass is 10.0. The van der Waals surface area contributed by atoms with Crippen LogP contribution in [-0.4, -0.2) is 55.5 Å². The fourth-order valence-electron chi connectivity index (χ4n) is 2.87. The molecule has 21 heavy (non-hydrogen) atoms. The minimum atomic E-state index is -0.347. The lowest BCUT2D eigenvalue weighted by molar-refractivity contribution is 0.0583. The van der Waals surface area contributed by atoms with Crippen LogP contribution in [0.15, 0.2) is 30.3 Å². The van der Waals surface area contributed by atoms with Gasteiger partial charge < -0.3 is 15.2 Å². The minimum Gasteiger partial charge on any atom is -0.391 e. The maximum Gasteiger partial charge on any atom is 0.0785 e. The normalized spacial score (nSPS) is 18.8. The van der Waals surface area contributed by atoms with Gasteiger partial charge in [0.1, 0.15) is 0 Å². The summed E-state index contributed by atoms with van der Waals surface area (Å²) in [7, 11) is 1.62. The Kier molecular flexibility index (Phi) is 7.16. The number of aliphatic hydroxyl groups excluding tert-OH is 1. The molecule has 0 bridgehead atoms. The number of ether oxygens (including phenoxy) is 1. The van der Waals surface area contributed by atoms with E-state index in [2.05, 4.69) is 40.5 Å². The number of aliphatic hydroxyl groups is 1. The summed E-state index contributed by atoms with van der Waals surface area (Å²) in [5, 5.41) is 13.2. The van der Waals surface area contributed by atoms with Crippen LogP contribution in [0.1, 0.15) is 24.8 Å². The Labute approximate surface area is 128 Å². The molecule has 2 rings (SSSR count). The fraction of sp³-hybridized carbons (Fsp3) is 0.647. The maximum absolute atomic E-state index is 9.61. The molecule has 1 saturated heterocycles. The molecule has 1 unspecified atom stereocenters. The van der Waals surface area contributed by atoms with Crippen molar-refractivity contribution in [3.8, 4) is 0 Å². The highest BCUT2D eigenvalue weighted by molar-refractivity contribution is 5.14. The molecule has 1 heterocycles. The van der Waals surface area contributed by atoms with E-state index in [9.17, 15) is 5.11 Å². The zero-order valence-electron chi connectivity index (χ0n) is 13.0. The number of nitrogens with zero attached hydrogens (tertiary/aromatic N) is 1. The summed E-state index contributed by atoms with van der Waals surface area (Å²) in [5.74, 6) is 0. The van der Waals surface area contributed by atoms with Gasteiger partial charge in [-0.05, 0) is 44.5 Å². The van der Waals surface area contributed by atoms with Crippen LogP contribution < -0.4 is 5.32 Å². The van der Waals surface area contributed by atoms with Crippen LogP contribution in [0.3, 0.4) is 0 Å². The van der Waals surface area contributed by atoms with Crippen LogP contribution in [0.4, 0.5) is 0 Å². The first kappa shape index (κ1) is 16.4. The van der Waals surface area contributed by atoms with Gasteiger partial charge >= 0.3 is 0 Å². The van der Waals surface area contributed by atoms with Crippen molar-refractivity contribution in [1.29, 1.82) is 0 Å². The molecule has 1 aromatic carbocycles. The predicted molar refractivity (Wildman–Crippen MR) is 85.2 cm³/mol.